The number of benzene rings is 1. The maximum Gasteiger partial charge on any atom is 0.328 e. The number of ether oxygens (including phenoxy) is 1. The molecule has 0 unspecified atom stereocenters. The Morgan fingerprint density at radius 1 is 1.38 bits per heavy atom. The van der Waals surface area contributed by atoms with E-state index >= 15 is 0 Å². The van der Waals surface area contributed by atoms with E-state index in [4.69, 9.17) is 4.74 Å². The molecule has 6 nitrogen and oxygen atoms in total. The summed E-state index contributed by atoms with van der Waals surface area (Å²) in [5, 5.41) is 12.4. The number of phenols is 1. The minimum atomic E-state index is -0.481. The molecule has 8 heteroatoms. The van der Waals surface area contributed by atoms with E-state index in [1.807, 2.05) is 0 Å². The van der Waals surface area contributed by atoms with E-state index in [1.165, 1.54) is 13.1 Å². The molecule has 1 aromatic carbocycles. The number of hydrogen-bond donors (Lipinski definition) is 2. The van der Waals surface area contributed by atoms with Crippen LogP contribution in [0.2, 0.25) is 0 Å². The summed E-state index contributed by atoms with van der Waals surface area (Å²) < 4.78 is 6.29. The zero-order valence-corrected chi connectivity index (χ0v) is 14.4. The van der Waals surface area contributed by atoms with Gasteiger partial charge in [0.2, 0.25) is 0 Å². The topological polar surface area (TPSA) is 78.9 Å². The number of halogens is 2. The number of urea groups is 1. The lowest BCUT2D eigenvalue weighted by molar-refractivity contribution is -0.121. The lowest BCUT2D eigenvalue weighted by Gasteiger charge is -2.11. The number of rotatable bonds is 3. The van der Waals surface area contributed by atoms with Crippen molar-refractivity contribution in [1.82, 2.24) is 10.2 Å². The lowest BCUT2D eigenvalue weighted by Crippen LogP contribution is -2.25. The van der Waals surface area contributed by atoms with E-state index < -0.39 is 11.9 Å². The Bertz CT molecular complexity index is 658. The first kappa shape index (κ1) is 15.8. The van der Waals surface area contributed by atoms with Gasteiger partial charge in [-0.25, -0.2) is 4.79 Å². The normalized spacial score (nSPS) is 16.6. The van der Waals surface area contributed by atoms with Crippen molar-refractivity contribution in [2.24, 2.45) is 0 Å². The molecule has 0 atom stereocenters. The maximum atomic E-state index is 11.9. The Morgan fingerprint density at radius 2 is 2.05 bits per heavy atom. The quantitative estimate of drug-likeness (QED) is 0.583. The fourth-order valence-electron chi connectivity index (χ4n) is 1.76. The molecule has 1 saturated heterocycles. The van der Waals surface area contributed by atoms with Crippen LogP contribution in [0.15, 0.2) is 20.7 Å². The van der Waals surface area contributed by atoms with E-state index in [2.05, 4.69) is 37.2 Å². The SMILES string of the molecule is CCOc1cc(/C=C2/NC(=O)N(C)C2=O)c(Br)c(Br)c1O. The van der Waals surface area contributed by atoms with Gasteiger partial charge in [-0.3, -0.25) is 9.69 Å². The van der Waals surface area contributed by atoms with Gasteiger partial charge in [-0.2, -0.15) is 0 Å². The third kappa shape index (κ3) is 2.91. The molecule has 1 heterocycles. The molecule has 1 fully saturated rings. The molecule has 2 rings (SSSR count). The Hall–Kier alpha value is -1.54. The molecule has 0 aromatic heterocycles. The highest BCUT2D eigenvalue weighted by Crippen LogP contribution is 2.42. The molecular formula is C13H12Br2N2O4. The number of nitrogens with zero attached hydrogens (tertiary/aromatic N) is 1. The fourth-order valence-corrected chi connectivity index (χ4v) is 2.60. The lowest BCUT2D eigenvalue weighted by atomic mass is 10.1. The summed E-state index contributed by atoms with van der Waals surface area (Å²) in [5.74, 6) is -0.177. The largest absolute Gasteiger partial charge is 0.503 e. The molecule has 1 aliphatic heterocycles. The molecule has 0 bridgehead atoms. The molecule has 0 aliphatic carbocycles. The first-order valence-corrected chi connectivity index (χ1v) is 7.59. The average Bonchev–Trinajstić information content (AvgIpc) is 2.69. The Balaban J connectivity index is 2.50. The van der Waals surface area contributed by atoms with Crippen molar-refractivity contribution in [3.63, 3.8) is 0 Å². The molecule has 0 spiro atoms. The molecular weight excluding hydrogens is 408 g/mol. The van der Waals surface area contributed by atoms with Gasteiger partial charge in [-0.05, 0) is 56.5 Å². The monoisotopic (exact) mass is 418 g/mol. The maximum absolute atomic E-state index is 11.9. The number of hydrogen-bond acceptors (Lipinski definition) is 4. The third-order valence-electron chi connectivity index (χ3n) is 2.86. The second kappa shape index (κ2) is 6.07. The zero-order valence-electron chi connectivity index (χ0n) is 11.2. The van der Waals surface area contributed by atoms with Crippen LogP contribution in [0.3, 0.4) is 0 Å². The molecule has 1 aromatic rings. The van der Waals surface area contributed by atoms with Crippen molar-refractivity contribution < 1.29 is 19.4 Å². The van der Waals surface area contributed by atoms with Crippen LogP contribution in [0.5, 0.6) is 11.5 Å². The molecule has 21 heavy (non-hydrogen) atoms. The van der Waals surface area contributed by atoms with E-state index in [0.29, 0.717) is 21.1 Å². The van der Waals surface area contributed by atoms with Gasteiger partial charge in [0.05, 0.1) is 11.1 Å². The first-order valence-electron chi connectivity index (χ1n) is 6.01. The third-order valence-corrected chi connectivity index (χ3v) is 5.01. The summed E-state index contributed by atoms with van der Waals surface area (Å²) in [7, 11) is 1.39. The predicted molar refractivity (Wildman–Crippen MR) is 84.0 cm³/mol. The number of nitrogens with one attached hydrogen (secondary N) is 1. The molecule has 3 amide bonds. The van der Waals surface area contributed by atoms with E-state index in [-0.39, 0.29) is 17.2 Å². The van der Waals surface area contributed by atoms with Gasteiger partial charge >= 0.3 is 6.03 Å². The van der Waals surface area contributed by atoms with Crippen LogP contribution in [0.1, 0.15) is 12.5 Å². The van der Waals surface area contributed by atoms with Gasteiger partial charge in [0.15, 0.2) is 11.5 Å². The predicted octanol–water partition coefficient (Wildman–Crippen LogP) is 2.84. The summed E-state index contributed by atoms with van der Waals surface area (Å²) in [6, 6.07) is 1.10. The second-order valence-corrected chi connectivity index (χ2v) is 5.81. The minimum Gasteiger partial charge on any atom is -0.503 e. The van der Waals surface area contributed by atoms with E-state index in [0.717, 1.165) is 4.90 Å². The Morgan fingerprint density at radius 3 is 2.57 bits per heavy atom. The van der Waals surface area contributed by atoms with Crippen molar-refractivity contribution in [1.29, 1.82) is 0 Å². The number of aromatic hydroxyl groups is 1. The van der Waals surface area contributed by atoms with E-state index in [1.54, 1.807) is 13.0 Å². The molecule has 112 valence electrons. The molecule has 2 N–H and O–H groups in total. The summed E-state index contributed by atoms with van der Waals surface area (Å²) >= 11 is 6.58. The molecule has 1 aliphatic rings. The first-order chi connectivity index (χ1) is 9.86. The Kier molecular flexibility index (Phi) is 4.58. The number of likely N-dealkylation sites (N-methyl/N-ethyl adjacent to an activating group) is 1. The summed E-state index contributed by atoms with van der Waals surface area (Å²) in [5.41, 5.74) is 0.741. The highest BCUT2D eigenvalue weighted by Gasteiger charge is 2.30. The number of imide groups is 1. The van der Waals surface area contributed by atoms with Crippen molar-refractivity contribution in [2.45, 2.75) is 6.92 Å². The number of amides is 3. The average molecular weight is 420 g/mol. The fraction of sp³-hybridized carbons (Fsp3) is 0.231. The van der Waals surface area contributed by atoms with Crippen molar-refractivity contribution in [3.8, 4) is 11.5 Å². The summed E-state index contributed by atoms with van der Waals surface area (Å²) in [6.07, 6.45) is 1.51. The highest BCUT2D eigenvalue weighted by atomic mass is 79.9. The van der Waals surface area contributed by atoms with Gasteiger partial charge in [-0.15, -0.1) is 0 Å². The number of phenolic OH excluding ortho intramolecular Hbond substituents is 1. The van der Waals surface area contributed by atoms with Crippen LogP contribution in [0.4, 0.5) is 4.79 Å². The molecule has 0 radical (unpaired) electrons. The smallest absolute Gasteiger partial charge is 0.328 e. The van der Waals surface area contributed by atoms with Gasteiger partial charge in [0, 0.05) is 11.5 Å². The molecule has 0 saturated carbocycles. The van der Waals surface area contributed by atoms with E-state index in [9.17, 15) is 14.7 Å². The van der Waals surface area contributed by atoms with Crippen LogP contribution in [-0.4, -0.2) is 35.6 Å². The van der Waals surface area contributed by atoms with Gasteiger partial charge in [0.25, 0.3) is 5.91 Å². The van der Waals surface area contributed by atoms with Crippen molar-refractivity contribution >= 4 is 49.9 Å². The Labute approximate surface area is 138 Å². The second-order valence-electron chi connectivity index (χ2n) is 4.23. The van der Waals surface area contributed by atoms with Crippen LogP contribution >= 0.6 is 31.9 Å². The van der Waals surface area contributed by atoms with Crippen LogP contribution in [0.25, 0.3) is 6.08 Å². The highest BCUT2D eigenvalue weighted by molar-refractivity contribution is 9.13. The van der Waals surface area contributed by atoms with Crippen LogP contribution in [-0.2, 0) is 4.79 Å². The summed E-state index contributed by atoms with van der Waals surface area (Å²) in [6.45, 7) is 2.18. The summed E-state index contributed by atoms with van der Waals surface area (Å²) in [4.78, 5) is 24.3. The van der Waals surface area contributed by atoms with Gasteiger partial charge < -0.3 is 15.2 Å². The van der Waals surface area contributed by atoms with Gasteiger partial charge in [0.1, 0.15) is 5.70 Å². The van der Waals surface area contributed by atoms with Crippen LogP contribution < -0.4 is 10.1 Å². The van der Waals surface area contributed by atoms with Crippen molar-refractivity contribution in [3.05, 3.63) is 26.3 Å². The minimum absolute atomic E-state index is 0.0372. The zero-order chi connectivity index (χ0) is 15.7. The van der Waals surface area contributed by atoms with Crippen LogP contribution in [0, 0.1) is 0 Å². The van der Waals surface area contributed by atoms with Gasteiger partial charge in [-0.1, -0.05) is 0 Å². The van der Waals surface area contributed by atoms with Crippen molar-refractivity contribution in [2.75, 3.05) is 13.7 Å². The standard InChI is InChI=1S/C13H12Br2N2O4/c1-3-21-8-5-6(9(14)10(15)11(8)18)4-7-12(19)17(2)13(20)16-7/h4-5,18H,3H2,1-2H3,(H,16,20)/b7-4+. The number of carbonyl (C=O) groups is 2. The number of carbonyl (C=O) groups excluding carboxylic acids is 2.